The number of nitrogens with one attached hydrogen (secondary N) is 1. The quantitative estimate of drug-likeness (QED) is 0.740. The first-order chi connectivity index (χ1) is 8.03. The lowest BCUT2D eigenvalue weighted by Crippen LogP contribution is -2.49. The van der Waals surface area contributed by atoms with Crippen molar-refractivity contribution in [1.82, 2.24) is 9.62 Å². The van der Waals surface area contributed by atoms with E-state index in [1.807, 2.05) is 0 Å². The van der Waals surface area contributed by atoms with Gasteiger partial charge in [-0.25, -0.2) is 13.1 Å². The van der Waals surface area contributed by atoms with Crippen LogP contribution >= 0.6 is 0 Å². The van der Waals surface area contributed by atoms with Crippen LogP contribution in [0.2, 0.25) is 0 Å². The van der Waals surface area contributed by atoms with Crippen molar-refractivity contribution >= 4 is 10.0 Å². The van der Waals surface area contributed by atoms with E-state index in [2.05, 4.69) is 9.62 Å². The van der Waals surface area contributed by atoms with Crippen molar-refractivity contribution in [2.24, 2.45) is 5.73 Å². The summed E-state index contributed by atoms with van der Waals surface area (Å²) < 4.78 is 26.7. The third-order valence-corrected chi connectivity index (χ3v) is 5.93. The molecule has 0 spiro atoms. The van der Waals surface area contributed by atoms with Gasteiger partial charge in [0.05, 0.1) is 5.25 Å². The molecule has 0 aromatic heterocycles. The second-order valence-electron chi connectivity index (χ2n) is 5.26. The zero-order chi connectivity index (χ0) is 12.5. The Morgan fingerprint density at radius 2 is 2.18 bits per heavy atom. The Labute approximate surface area is 104 Å². The molecule has 3 atom stereocenters. The molecule has 2 aliphatic rings. The highest BCUT2D eigenvalue weighted by atomic mass is 32.2. The zero-order valence-electron chi connectivity index (χ0n) is 10.4. The van der Waals surface area contributed by atoms with E-state index in [0.717, 1.165) is 19.4 Å². The SMILES string of the molecule is CC(CN)S(=O)(=O)NC1CCN2CCCC2C1. The van der Waals surface area contributed by atoms with E-state index in [-0.39, 0.29) is 12.6 Å². The Morgan fingerprint density at radius 3 is 2.88 bits per heavy atom. The highest BCUT2D eigenvalue weighted by molar-refractivity contribution is 7.90. The van der Waals surface area contributed by atoms with E-state index in [1.54, 1.807) is 6.92 Å². The lowest BCUT2D eigenvalue weighted by molar-refractivity contribution is 0.176. The van der Waals surface area contributed by atoms with Crippen LogP contribution < -0.4 is 10.5 Å². The molecule has 17 heavy (non-hydrogen) atoms. The van der Waals surface area contributed by atoms with Crippen molar-refractivity contribution in [3.63, 3.8) is 0 Å². The maximum absolute atomic E-state index is 11.9. The van der Waals surface area contributed by atoms with Gasteiger partial charge in [-0.2, -0.15) is 0 Å². The Morgan fingerprint density at radius 1 is 1.41 bits per heavy atom. The number of nitrogens with two attached hydrogens (primary N) is 1. The molecule has 0 aromatic carbocycles. The van der Waals surface area contributed by atoms with Crippen LogP contribution in [-0.2, 0) is 10.0 Å². The maximum Gasteiger partial charge on any atom is 0.215 e. The van der Waals surface area contributed by atoms with Gasteiger partial charge < -0.3 is 10.6 Å². The molecule has 2 heterocycles. The van der Waals surface area contributed by atoms with E-state index >= 15 is 0 Å². The molecule has 0 amide bonds. The third-order valence-electron chi connectivity index (χ3n) is 4.01. The number of rotatable bonds is 4. The first-order valence-electron chi connectivity index (χ1n) is 6.48. The topological polar surface area (TPSA) is 75.4 Å². The smallest absolute Gasteiger partial charge is 0.215 e. The molecule has 0 saturated carbocycles. The van der Waals surface area contributed by atoms with Gasteiger partial charge in [-0.15, -0.1) is 0 Å². The molecule has 100 valence electrons. The molecule has 6 heteroatoms. The minimum absolute atomic E-state index is 0.105. The number of hydrogen-bond acceptors (Lipinski definition) is 4. The molecule has 0 aliphatic carbocycles. The number of fused-ring (bicyclic) bond motifs is 1. The molecule has 0 radical (unpaired) electrons. The lowest BCUT2D eigenvalue weighted by Gasteiger charge is -2.35. The van der Waals surface area contributed by atoms with Crippen molar-refractivity contribution in [3.8, 4) is 0 Å². The molecule has 3 unspecified atom stereocenters. The number of hydrogen-bond donors (Lipinski definition) is 2. The molecule has 5 nitrogen and oxygen atoms in total. The molecular formula is C11H23N3O2S. The van der Waals surface area contributed by atoms with Gasteiger partial charge in [-0.1, -0.05) is 0 Å². The van der Waals surface area contributed by atoms with E-state index < -0.39 is 15.3 Å². The first kappa shape index (κ1) is 13.3. The fourth-order valence-electron chi connectivity index (χ4n) is 2.81. The summed E-state index contributed by atoms with van der Waals surface area (Å²) in [7, 11) is -3.23. The molecule has 2 aliphatic heterocycles. The number of nitrogens with zero attached hydrogens (tertiary/aromatic N) is 1. The summed E-state index contributed by atoms with van der Waals surface area (Å²) in [6, 6.07) is 0.693. The van der Waals surface area contributed by atoms with Crippen LogP contribution in [0.3, 0.4) is 0 Å². The Bertz CT molecular complexity index is 358. The van der Waals surface area contributed by atoms with Crippen LogP contribution in [-0.4, -0.2) is 50.3 Å². The van der Waals surface area contributed by atoms with Gasteiger partial charge in [0.25, 0.3) is 0 Å². The summed E-state index contributed by atoms with van der Waals surface area (Å²) in [5.41, 5.74) is 5.42. The highest BCUT2D eigenvalue weighted by Gasteiger charge is 2.34. The van der Waals surface area contributed by atoms with Gasteiger partial charge in [-0.3, -0.25) is 0 Å². The summed E-state index contributed by atoms with van der Waals surface area (Å²) in [4.78, 5) is 2.48. The van der Waals surface area contributed by atoms with Gasteiger partial charge in [0, 0.05) is 18.6 Å². The van der Waals surface area contributed by atoms with Crippen molar-refractivity contribution < 1.29 is 8.42 Å². The highest BCUT2D eigenvalue weighted by Crippen LogP contribution is 2.27. The van der Waals surface area contributed by atoms with E-state index in [1.165, 1.54) is 19.4 Å². The summed E-state index contributed by atoms with van der Waals surface area (Å²) in [6.07, 6.45) is 4.34. The van der Waals surface area contributed by atoms with Gasteiger partial charge in [-0.05, 0) is 45.7 Å². The molecule has 2 fully saturated rings. The summed E-state index contributed by atoms with van der Waals surface area (Å²) in [6.45, 7) is 4.04. The van der Waals surface area contributed by atoms with Crippen LogP contribution in [0.4, 0.5) is 0 Å². The standard InChI is InChI=1S/C11H23N3O2S/c1-9(8-12)17(15,16)13-10-4-6-14-5-2-3-11(14)7-10/h9-11,13H,2-8,12H2,1H3. The second-order valence-corrected chi connectivity index (χ2v) is 7.39. The van der Waals surface area contributed by atoms with Crippen molar-refractivity contribution in [3.05, 3.63) is 0 Å². The first-order valence-corrected chi connectivity index (χ1v) is 8.03. The van der Waals surface area contributed by atoms with E-state index in [9.17, 15) is 8.42 Å². The van der Waals surface area contributed by atoms with Gasteiger partial charge >= 0.3 is 0 Å². The van der Waals surface area contributed by atoms with Crippen LogP contribution in [0.1, 0.15) is 32.6 Å². The minimum atomic E-state index is -3.23. The van der Waals surface area contributed by atoms with E-state index in [4.69, 9.17) is 5.73 Å². The average molecular weight is 261 g/mol. The molecular weight excluding hydrogens is 238 g/mol. The molecule has 0 aromatic rings. The Balaban J connectivity index is 1.92. The monoisotopic (exact) mass is 261 g/mol. The molecule has 0 bridgehead atoms. The third kappa shape index (κ3) is 2.99. The predicted molar refractivity (Wildman–Crippen MR) is 68.2 cm³/mol. The van der Waals surface area contributed by atoms with Crippen molar-refractivity contribution in [1.29, 1.82) is 0 Å². The summed E-state index contributed by atoms with van der Waals surface area (Å²) in [5.74, 6) is 0. The minimum Gasteiger partial charge on any atom is -0.329 e. The summed E-state index contributed by atoms with van der Waals surface area (Å²) in [5, 5.41) is -0.496. The molecule has 3 N–H and O–H groups in total. The molecule has 2 rings (SSSR count). The lowest BCUT2D eigenvalue weighted by atomic mass is 9.99. The normalized spacial score (nSPS) is 32.4. The fraction of sp³-hybridized carbons (Fsp3) is 1.00. The zero-order valence-corrected chi connectivity index (χ0v) is 11.2. The number of sulfonamides is 1. The maximum atomic E-state index is 11.9. The van der Waals surface area contributed by atoms with Crippen molar-refractivity contribution in [2.75, 3.05) is 19.6 Å². The van der Waals surface area contributed by atoms with Gasteiger partial charge in [0.2, 0.25) is 10.0 Å². The van der Waals surface area contributed by atoms with Crippen LogP contribution in [0.15, 0.2) is 0 Å². The Hall–Kier alpha value is -0.170. The second kappa shape index (κ2) is 5.22. The van der Waals surface area contributed by atoms with E-state index in [0.29, 0.717) is 6.04 Å². The Kier molecular flexibility index (Phi) is 4.07. The molecule has 2 saturated heterocycles. The predicted octanol–water partition coefficient (Wildman–Crippen LogP) is -0.120. The van der Waals surface area contributed by atoms with Crippen LogP contribution in [0.25, 0.3) is 0 Å². The van der Waals surface area contributed by atoms with Gasteiger partial charge in [0.15, 0.2) is 0 Å². The van der Waals surface area contributed by atoms with Crippen molar-refractivity contribution in [2.45, 2.75) is 49.9 Å². The fourth-order valence-corrected chi connectivity index (χ4v) is 3.97. The van der Waals surface area contributed by atoms with Crippen LogP contribution in [0.5, 0.6) is 0 Å². The average Bonchev–Trinajstić information content (AvgIpc) is 2.74. The largest absolute Gasteiger partial charge is 0.329 e. The summed E-state index contributed by atoms with van der Waals surface area (Å²) >= 11 is 0. The van der Waals surface area contributed by atoms with Crippen LogP contribution in [0, 0.1) is 0 Å². The number of piperidine rings is 1. The van der Waals surface area contributed by atoms with Gasteiger partial charge in [0.1, 0.15) is 0 Å².